The predicted molar refractivity (Wildman–Crippen MR) is 44.2 cm³/mol. The minimum Gasteiger partial charge on any atom is -0.268 e. The van der Waals surface area contributed by atoms with Gasteiger partial charge in [0.05, 0.1) is 0 Å². The zero-order valence-electron chi connectivity index (χ0n) is 6.97. The first kappa shape index (κ1) is 9.20. The van der Waals surface area contributed by atoms with Crippen LogP contribution in [0.3, 0.4) is 0 Å². The molecule has 0 aromatic heterocycles. The number of hydrogen-bond acceptors (Lipinski definition) is 2. The molecule has 0 bridgehead atoms. The van der Waals surface area contributed by atoms with Crippen LogP contribution in [-0.4, -0.2) is 5.91 Å². The lowest BCUT2D eigenvalue weighted by atomic mass is 10.1. The maximum Gasteiger partial charge on any atom is 0.264 e. The van der Waals surface area contributed by atoms with Gasteiger partial charge in [-0.2, -0.15) is 5.26 Å². The number of amides is 1. The van der Waals surface area contributed by atoms with E-state index in [2.05, 4.69) is 0 Å². The van der Waals surface area contributed by atoms with Crippen molar-refractivity contribution in [3.05, 3.63) is 35.1 Å². The SMILES string of the molecule is Cc1cc(F)cc(C(=O)NC#N)c1. The molecule has 1 amide bonds. The fourth-order valence-corrected chi connectivity index (χ4v) is 0.990. The summed E-state index contributed by atoms with van der Waals surface area (Å²) in [7, 11) is 0. The molecule has 4 heteroatoms. The molecule has 1 rings (SSSR count). The highest BCUT2D eigenvalue weighted by atomic mass is 19.1. The fraction of sp³-hybridized carbons (Fsp3) is 0.111. The van der Waals surface area contributed by atoms with E-state index in [0.717, 1.165) is 6.07 Å². The lowest BCUT2D eigenvalue weighted by molar-refractivity contribution is 0.0972. The summed E-state index contributed by atoms with van der Waals surface area (Å²) in [5, 5.41) is 10.1. The fourth-order valence-electron chi connectivity index (χ4n) is 0.990. The molecule has 0 saturated carbocycles. The third-order valence-corrected chi connectivity index (χ3v) is 1.47. The van der Waals surface area contributed by atoms with Crippen LogP contribution in [0.1, 0.15) is 15.9 Å². The highest BCUT2D eigenvalue weighted by Crippen LogP contribution is 2.07. The minimum atomic E-state index is -0.592. The molecular weight excluding hydrogens is 171 g/mol. The van der Waals surface area contributed by atoms with Crippen molar-refractivity contribution in [3.63, 3.8) is 0 Å². The van der Waals surface area contributed by atoms with Crippen molar-refractivity contribution in [3.8, 4) is 6.19 Å². The molecule has 0 aliphatic rings. The van der Waals surface area contributed by atoms with Gasteiger partial charge < -0.3 is 0 Å². The molecule has 1 aromatic rings. The van der Waals surface area contributed by atoms with Crippen molar-refractivity contribution in [1.82, 2.24) is 5.32 Å². The summed E-state index contributed by atoms with van der Waals surface area (Å²) in [6.07, 6.45) is 1.48. The van der Waals surface area contributed by atoms with Gasteiger partial charge in [-0.05, 0) is 30.7 Å². The maximum absolute atomic E-state index is 12.8. The molecule has 0 unspecified atom stereocenters. The molecule has 0 heterocycles. The Morgan fingerprint density at radius 1 is 1.54 bits per heavy atom. The van der Waals surface area contributed by atoms with E-state index in [0.29, 0.717) is 5.56 Å². The summed E-state index contributed by atoms with van der Waals surface area (Å²) in [4.78, 5) is 11.0. The third kappa shape index (κ3) is 2.27. The number of rotatable bonds is 1. The molecule has 0 saturated heterocycles. The first-order chi connectivity index (χ1) is 6.13. The normalized spacial score (nSPS) is 9.00. The first-order valence-electron chi connectivity index (χ1n) is 3.60. The number of benzene rings is 1. The number of aryl methyl sites for hydroxylation is 1. The van der Waals surface area contributed by atoms with Gasteiger partial charge in [0.15, 0.2) is 6.19 Å². The van der Waals surface area contributed by atoms with Gasteiger partial charge in [-0.1, -0.05) is 0 Å². The van der Waals surface area contributed by atoms with Crippen LogP contribution in [0, 0.1) is 24.2 Å². The van der Waals surface area contributed by atoms with Crippen LogP contribution in [0.4, 0.5) is 4.39 Å². The second-order valence-electron chi connectivity index (χ2n) is 2.58. The standard InChI is InChI=1S/C9H7FN2O/c1-6-2-7(4-8(10)3-6)9(13)12-5-11/h2-4H,1H3,(H,12,13). The van der Waals surface area contributed by atoms with E-state index >= 15 is 0 Å². The maximum atomic E-state index is 12.8. The lowest BCUT2D eigenvalue weighted by Crippen LogP contribution is -2.17. The molecule has 0 aliphatic heterocycles. The average molecular weight is 178 g/mol. The van der Waals surface area contributed by atoms with Crippen molar-refractivity contribution in [1.29, 1.82) is 5.26 Å². The number of nitrogens with zero attached hydrogens (tertiary/aromatic N) is 1. The van der Waals surface area contributed by atoms with Crippen LogP contribution in [0.2, 0.25) is 0 Å². The van der Waals surface area contributed by atoms with Gasteiger partial charge in [-0.25, -0.2) is 4.39 Å². The van der Waals surface area contributed by atoms with Crippen LogP contribution in [0.15, 0.2) is 18.2 Å². The summed E-state index contributed by atoms with van der Waals surface area (Å²) >= 11 is 0. The summed E-state index contributed by atoms with van der Waals surface area (Å²) in [6, 6.07) is 3.90. The van der Waals surface area contributed by atoms with Crippen molar-refractivity contribution < 1.29 is 9.18 Å². The summed E-state index contributed by atoms with van der Waals surface area (Å²) in [5.41, 5.74) is 0.794. The van der Waals surface area contributed by atoms with Gasteiger partial charge in [-0.15, -0.1) is 0 Å². The van der Waals surface area contributed by atoms with Gasteiger partial charge in [-0.3, -0.25) is 10.1 Å². The number of hydrogen-bond donors (Lipinski definition) is 1. The minimum absolute atomic E-state index is 0.152. The molecule has 0 fully saturated rings. The zero-order valence-corrected chi connectivity index (χ0v) is 6.97. The largest absolute Gasteiger partial charge is 0.268 e. The molecule has 13 heavy (non-hydrogen) atoms. The van der Waals surface area contributed by atoms with E-state index in [1.54, 1.807) is 6.92 Å². The lowest BCUT2D eigenvalue weighted by Gasteiger charge is -1.99. The van der Waals surface area contributed by atoms with E-state index in [-0.39, 0.29) is 5.56 Å². The summed E-state index contributed by atoms with van der Waals surface area (Å²) in [5.74, 6) is -1.08. The van der Waals surface area contributed by atoms with E-state index < -0.39 is 11.7 Å². The molecule has 0 atom stereocenters. The van der Waals surface area contributed by atoms with E-state index in [1.165, 1.54) is 18.3 Å². The van der Waals surface area contributed by atoms with Crippen LogP contribution in [-0.2, 0) is 0 Å². The molecule has 66 valence electrons. The van der Waals surface area contributed by atoms with Gasteiger partial charge in [0.25, 0.3) is 5.91 Å². The van der Waals surface area contributed by atoms with E-state index in [9.17, 15) is 9.18 Å². The quantitative estimate of drug-likeness (QED) is 0.521. The van der Waals surface area contributed by atoms with Gasteiger partial charge in [0, 0.05) is 5.56 Å². The number of halogens is 1. The average Bonchev–Trinajstić information content (AvgIpc) is 2.03. The van der Waals surface area contributed by atoms with E-state index in [4.69, 9.17) is 5.26 Å². The van der Waals surface area contributed by atoms with Crippen molar-refractivity contribution >= 4 is 5.91 Å². The Morgan fingerprint density at radius 2 is 2.23 bits per heavy atom. The van der Waals surface area contributed by atoms with Crippen LogP contribution < -0.4 is 5.32 Å². The predicted octanol–water partition coefficient (Wildman–Crippen LogP) is 1.34. The first-order valence-corrected chi connectivity index (χ1v) is 3.60. The smallest absolute Gasteiger partial charge is 0.264 e. The Bertz CT molecular complexity index is 361. The van der Waals surface area contributed by atoms with Crippen LogP contribution in [0.5, 0.6) is 0 Å². The second kappa shape index (κ2) is 3.68. The monoisotopic (exact) mass is 178 g/mol. The van der Waals surface area contributed by atoms with Gasteiger partial charge in [0.1, 0.15) is 5.82 Å². The topological polar surface area (TPSA) is 52.9 Å². The zero-order chi connectivity index (χ0) is 9.84. The Labute approximate surface area is 74.8 Å². The number of nitriles is 1. The molecule has 3 nitrogen and oxygen atoms in total. The number of carbonyl (C=O) groups excluding carboxylic acids is 1. The Kier molecular flexibility index (Phi) is 2.60. The number of carbonyl (C=O) groups is 1. The van der Waals surface area contributed by atoms with Crippen molar-refractivity contribution in [2.75, 3.05) is 0 Å². The van der Waals surface area contributed by atoms with E-state index in [1.807, 2.05) is 5.32 Å². The Balaban J connectivity index is 3.02. The van der Waals surface area contributed by atoms with Crippen LogP contribution >= 0.6 is 0 Å². The van der Waals surface area contributed by atoms with Crippen molar-refractivity contribution in [2.45, 2.75) is 6.92 Å². The molecule has 0 radical (unpaired) electrons. The molecular formula is C9H7FN2O. The highest BCUT2D eigenvalue weighted by molar-refractivity contribution is 5.95. The molecule has 0 aliphatic carbocycles. The third-order valence-electron chi connectivity index (χ3n) is 1.47. The van der Waals surface area contributed by atoms with Gasteiger partial charge >= 0.3 is 0 Å². The number of nitrogens with one attached hydrogen (secondary N) is 1. The van der Waals surface area contributed by atoms with Crippen LogP contribution in [0.25, 0.3) is 0 Å². The van der Waals surface area contributed by atoms with Crippen molar-refractivity contribution in [2.24, 2.45) is 0 Å². The molecule has 1 aromatic carbocycles. The highest BCUT2D eigenvalue weighted by Gasteiger charge is 2.06. The molecule has 0 spiro atoms. The second-order valence-corrected chi connectivity index (χ2v) is 2.58. The van der Waals surface area contributed by atoms with Gasteiger partial charge in [0.2, 0.25) is 0 Å². The Hall–Kier alpha value is -1.89. The summed E-state index contributed by atoms with van der Waals surface area (Å²) in [6.45, 7) is 1.67. The summed E-state index contributed by atoms with van der Waals surface area (Å²) < 4.78 is 12.8. The Morgan fingerprint density at radius 3 is 2.77 bits per heavy atom. The molecule has 1 N–H and O–H groups in total.